The molecule has 34 heavy (non-hydrogen) atoms. The minimum Gasteiger partial charge on any atom is -0.494 e. The molecule has 0 amide bonds. The first-order chi connectivity index (χ1) is 16.6. The van der Waals surface area contributed by atoms with Crippen LogP contribution >= 0.6 is 0 Å². The molecular formula is C27H29NO6. The second kappa shape index (κ2) is 10.8. The van der Waals surface area contributed by atoms with Crippen LogP contribution in [0.4, 0.5) is 0 Å². The van der Waals surface area contributed by atoms with E-state index in [1.165, 1.54) is 0 Å². The zero-order chi connectivity index (χ0) is 23.9. The Morgan fingerprint density at radius 1 is 0.824 bits per heavy atom. The zero-order valence-electron chi connectivity index (χ0n) is 19.5. The lowest BCUT2D eigenvalue weighted by Crippen LogP contribution is -2.05. The number of aryl methyl sites for hydroxylation is 1. The zero-order valence-corrected chi connectivity index (χ0v) is 19.5. The first-order valence-corrected chi connectivity index (χ1v) is 11.3. The molecule has 1 N–H and O–H groups in total. The van der Waals surface area contributed by atoms with Crippen LogP contribution in [0.3, 0.4) is 0 Å². The van der Waals surface area contributed by atoms with Gasteiger partial charge in [-0.1, -0.05) is 24.3 Å². The second-order valence-electron chi connectivity index (χ2n) is 7.89. The molecule has 4 rings (SSSR count). The lowest BCUT2D eigenvalue weighted by Gasteiger charge is -2.13. The summed E-state index contributed by atoms with van der Waals surface area (Å²) in [5, 5.41) is 11.4. The summed E-state index contributed by atoms with van der Waals surface area (Å²) in [6.45, 7) is 1.50. The number of nitrogens with zero attached hydrogens (tertiary/aromatic N) is 1. The number of ether oxygens (including phenoxy) is 4. The molecule has 0 unspecified atom stereocenters. The predicted molar refractivity (Wildman–Crippen MR) is 131 cm³/mol. The van der Waals surface area contributed by atoms with Crippen molar-refractivity contribution in [3.05, 3.63) is 60.7 Å². The van der Waals surface area contributed by atoms with E-state index in [2.05, 4.69) is 10.6 Å². The number of aliphatic carboxylic acids is 1. The molecule has 3 aromatic carbocycles. The van der Waals surface area contributed by atoms with E-state index in [4.69, 9.17) is 24.1 Å². The molecule has 0 atom stereocenters. The quantitative estimate of drug-likeness (QED) is 0.279. The monoisotopic (exact) mass is 463 g/mol. The van der Waals surface area contributed by atoms with Gasteiger partial charge in [-0.25, -0.2) is 0 Å². The Morgan fingerprint density at radius 2 is 1.56 bits per heavy atom. The van der Waals surface area contributed by atoms with Gasteiger partial charge in [0.15, 0.2) is 11.5 Å². The van der Waals surface area contributed by atoms with Gasteiger partial charge in [-0.05, 0) is 43.2 Å². The van der Waals surface area contributed by atoms with Gasteiger partial charge in [0.1, 0.15) is 5.75 Å². The summed E-state index contributed by atoms with van der Waals surface area (Å²) in [6, 6.07) is 19.6. The van der Waals surface area contributed by atoms with E-state index in [9.17, 15) is 4.79 Å². The van der Waals surface area contributed by atoms with E-state index >= 15 is 0 Å². The number of methoxy groups -OCH3 is 2. The standard InChI is InChI=1S/C27H29NO6/c1-31-24-10-7-11-25(27(24)32-2)34-17-6-5-16-33-19-12-13-21-20-8-3-4-9-22(20)28(23(21)18-19)15-14-26(29)30/h3-4,7-13,18H,5-6,14-17H2,1-2H3,(H,29,30). The van der Waals surface area contributed by atoms with Gasteiger partial charge in [0.25, 0.3) is 0 Å². The molecule has 0 saturated heterocycles. The summed E-state index contributed by atoms with van der Waals surface area (Å²) in [5.74, 6) is 1.84. The predicted octanol–water partition coefficient (Wildman–Crippen LogP) is 5.52. The molecule has 4 aromatic rings. The normalized spacial score (nSPS) is 11.0. The van der Waals surface area contributed by atoms with Crippen molar-refractivity contribution in [2.24, 2.45) is 0 Å². The van der Waals surface area contributed by atoms with E-state index in [0.717, 1.165) is 40.4 Å². The Balaban J connectivity index is 1.36. The van der Waals surface area contributed by atoms with Crippen molar-refractivity contribution in [1.29, 1.82) is 0 Å². The third-order valence-corrected chi connectivity index (χ3v) is 5.73. The van der Waals surface area contributed by atoms with E-state index < -0.39 is 5.97 Å². The summed E-state index contributed by atoms with van der Waals surface area (Å²) < 4.78 is 24.6. The summed E-state index contributed by atoms with van der Waals surface area (Å²) in [6.07, 6.45) is 1.71. The average molecular weight is 464 g/mol. The maximum Gasteiger partial charge on any atom is 0.305 e. The van der Waals surface area contributed by atoms with Crippen LogP contribution in [-0.4, -0.2) is 43.1 Å². The summed E-state index contributed by atoms with van der Waals surface area (Å²) >= 11 is 0. The highest BCUT2D eigenvalue weighted by Gasteiger charge is 2.13. The Labute approximate surface area is 198 Å². The van der Waals surface area contributed by atoms with Crippen molar-refractivity contribution in [3.63, 3.8) is 0 Å². The molecular weight excluding hydrogens is 434 g/mol. The van der Waals surface area contributed by atoms with Crippen LogP contribution in [0, 0.1) is 0 Å². The van der Waals surface area contributed by atoms with Gasteiger partial charge in [0.2, 0.25) is 5.75 Å². The number of unbranched alkanes of at least 4 members (excludes halogenated alkanes) is 1. The number of hydrogen-bond acceptors (Lipinski definition) is 5. The lowest BCUT2D eigenvalue weighted by molar-refractivity contribution is -0.137. The number of fused-ring (bicyclic) bond motifs is 3. The van der Waals surface area contributed by atoms with Crippen LogP contribution in [0.2, 0.25) is 0 Å². The number of carbonyl (C=O) groups is 1. The fraction of sp³-hybridized carbons (Fsp3) is 0.296. The molecule has 7 heteroatoms. The number of rotatable bonds is 12. The molecule has 7 nitrogen and oxygen atoms in total. The van der Waals surface area contributed by atoms with Crippen molar-refractivity contribution in [3.8, 4) is 23.0 Å². The van der Waals surface area contributed by atoms with Gasteiger partial charge in [-0.3, -0.25) is 4.79 Å². The van der Waals surface area contributed by atoms with Crippen molar-refractivity contribution < 1.29 is 28.8 Å². The summed E-state index contributed by atoms with van der Waals surface area (Å²) in [5.41, 5.74) is 2.01. The average Bonchev–Trinajstić information content (AvgIpc) is 3.17. The van der Waals surface area contributed by atoms with Crippen LogP contribution in [0.5, 0.6) is 23.0 Å². The van der Waals surface area contributed by atoms with Crippen LogP contribution in [0.25, 0.3) is 21.8 Å². The minimum absolute atomic E-state index is 0.0664. The van der Waals surface area contributed by atoms with Gasteiger partial charge >= 0.3 is 5.97 Å². The van der Waals surface area contributed by atoms with Gasteiger partial charge in [0, 0.05) is 28.9 Å². The molecule has 1 heterocycles. The first-order valence-electron chi connectivity index (χ1n) is 11.3. The molecule has 0 spiro atoms. The second-order valence-corrected chi connectivity index (χ2v) is 7.89. The molecule has 0 bridgehead atoms. The van der Waals surface area contributed by atoms with Crippen molar-refractivity contribution in [2.75, 3.05) is 27.4 Å². The van der Waals surface area contributed by atoms with Crippen LogP contribution in [0.1, 0.15) is 19.3 Å². The third kappa shape index (κ3) is 5.03. The molecule has 178 valence electrons. The van der Waals surface area contributed by atoms with Gasteiger partial charge in [-0.2, -0.15) is 0 Å². The van der Waals surface area contributed by atoms with Crippen molar-refractivity contribution in [1.82, 2.24) is 4.57 Å². The largest absolute Gasteiger partial charge is 0.494 e. The summed E-state index contributed by atoms with van der Waals surface area (Å²) in [7, 11) is 3.19. The van der Waals surface area contributed by atoms with E-state index in [0.29, 0.717) is 37.0 Å². The van der Waals surface area contributed by atoms with Gasteiger partial charge < -0.3 is 28.6 Å². The molecule has 0 saturated carbocycles. The number of hydrogen-bond donors (Lipinski definition) is 1. The highest BCUT2D eigenvalue weighted by Crippen LogP contribution is 2.36. The fourth-order valence-corrected chi connectivity index (χ4v) is 4.11. The Morgan fingerprint density at radius 3 is 2.32 bits per heavy atom. The SMILES string of the molecule is COc1cccc(OCCCCOc2ccc3c4ccccc4n(CCC(=O)O)c3c2)c1OC. The lowest BCUT2D eigenvalue weighted by atomic mass is 10.1. The minimum atomic E-state index is -0.813. The van der Waals surface area contributed by atoms with E-state index in [1.807, 2.05) is 54.6 Å². The molecule has 0 fully saturated rings. The van der Waals surface area contributed by atoms with Crippen LogP contribution < -0.4 is 18.9 Å². The number of para-hydroxylation sites is 2. The smallest absolute Gasteiger partial charge is 0.305 e. The summed E-state index contributed by atoms with van der Waals surface area (Å²) in [4.78, 5) is 11.2. The Hall–Kier alpha value is -3.87. The Bertz CT molecular complexity index is 1280. The number of benzene rings is 3. The van der Waals surface area contributed by atoms with E-state index in [-0.39, 0.29) is 6.42 Å². The van der Waals surface area contributed by atoms with Crippen molar-refractivity contribution >= 4 is 27.8 Å². The van der Waals surface area contributed by atoms with E-state index in [1.54, 1.807) is 14.2 Å². The highest BCUT2D eigenvalue weighted by molar-refractivity contribution is 6.08. The number of carboxylic acids is 1. The molecule has 1 aromatic heterocycles. The molecule has 0 aliphatic heterocycles. The van der Waals surface area contributed by atoms with Gasteiger partial charge in [0.05, 0.1) is 39.4 Å². The maximum atomic E-state index is 11.2. The highest BCUT2D eigenvalue weighted by atomic mass is 16.5. The molecule has 0 radical (unpaired) electrons. The van der Waals surface area contributed by atoms with Gasteiger partial charge in [-0.15, -0.1) is 0 Å². The molecule has 0 aliphatic rings. The molecule has 0 aliphatic carbocycles. The number of aromatic nitrogens is 1. The topological polar surface area (TPSA) is 79.2 Å². The van der Waals surface area contributed by atoms with Crippen molar-refractivity contribution in [2.45, 2.75) is 25.8 Å². The van der Waals surface area contributed by atoms with Crippen LogP contribution in [-0.2, 0) is 11.3 Å². The fourth-order valence-electron chi connectivity index (χ4n) is 4.11. The maximum absolute atomic E-state index is 11.2. The van der Waals surface area contributed by atoms with Crippen LogP contribution in [0.15, 0.2) is 60.7 Å². The number of carboxylic acid groups (broad SMARTS) is 1. The Kier molecular flexibility index (Phi) is 7.42. The first kappa shape index (κ1) is 23.3. The third-order valence-electron chi connectivity index (χ3n) is 5.73.